The Morgan fingerprint density at radius 3 is 2.05 bits per heavy atom. The van der Waals surface area contributed by atoms with Crippen molar-refractivity contribution in [2.75, 3.05) is 6.61 Å². The van der Waals surface area contributed by atoms with Crippen molar-refractivity contribution in [1.29, 1.82) is 0 Å². The summed E-state index contributed by atoms with van der Waals surface area (Å²) in [7, 11) is 0. The van der Waals surface area contributed by atoms with E-state index in [4.69, 9.17) is 4.74 Å². The molecule has 0 N–H and O–H groups in total. The van der Waals surface area contributed by atoms with Crippen LogP contribution in [0.1, 0.15) is 48.5 Å². The minimum atomic E-state index is -0.249. The number of hydrogen-bond donors (Lipinski definition) is 0. The van der Waals surface area contributed by atoms with Gasteiger partial charge in [-0.3, -0.25) is 0 Å². The Balaban J connectivity index is 3.25. The van der Waals surface area contributed by atoms with Crippen molar-refractivity contribution in [3.63, 3.8) is 0 Å². The highest BCUT2D eigenvalue weighted by Crippen LogP contribution is 2.46. The van der Waals surface area contributed by atoms with Gasteiger partial charge in [0.2, 0.25) is 0 Å². The molecule has 1 aliphatic heterocycles. The van der Waals surface area contributed by atoms with Crippen molar-refractivity contribution in [3.05, 3.63) is 33.6 Å². The minimum absolute atomic E-state index is 0.00489. The fourth-order valence-corrected chi connectivity index (χ4v) is 2.82. The van der Waals surface area contributed by atoms with Crippen LogP contribution in [0.4, 0.5) is 0 Å². The van der Waals surface area contributed by atoms with Crippen molar-refractivity contribution < 1.29 is 9.53 Å². The molecular formula is C17H26O2S. The summed E-state index contributed by atoms with van der Waals surface area (Å²) in [5, 5.41) is 0. The van der Waals surface area contributed by atoms with E-state index in [2.05, 4.69) is 41.5 Å². The summed E-state index contributed by atoms with van der Waals surface area (Å²) in [6, 6.07) is 0. The zero-order chi connectivity index (χ0) is 15.6. The second-order valence-corrected chi connectivity index (χ2v) is 8.07. The fourth-order valence-electron chi connectivity index (χ4n) is 1.65. The van der Waals surface area contributed by atoms with Crippen molar-refractivity contribution in [3.8, 4) is 0 Å². The standard InChI is InChI=1S/C17H26O2S/c1-8-19-15(18)12-9-10-13(16(2,3)4)20-14(11-12)17(5,6)7/h9-11H,8H2,1-7H3. The van der Waals surface area contributed by atoms with E-state index in [1.807, 2.05) is 25.2 Å². The normalized spacial score (nSPS) is 16.9. The third kappa shape index (κ3) is 4.55. The van der Waals surface area contributed by atoms with Crippen LogP contribution in [-0.4, -0.2) is 12.6 Å². The zero-order valence-electron chi connectivity index (χ0n) is 13.7. The average Bonchev–Trinajstić information content (AvgIpc) is 2.50. The van der Waals surface area contributed by atoms with Crippen molar-refractivity contribution in [2.24, 2.45) is 10.8 Å². The van der Waals surface area contributed by atoms with Crippen LogP contribution in [0.3, 0.4) is 0 Å². The first-order valence-electron chi connectivity index (χ1n) is 7.05. The van der Waals surface area contributed by atoms with Gasteiger partial charge in [0.1, 0.15) is 0 Å². The molecule has 1 aliphatic rings. The molecule has 0 aromatic carbocycles. The molecule has 0 unspecified atom stereocenters. The smallest absolute Gasteiger partial charge is 0.338 e. The van der Waals surface area contributed by atoms with E-state index in [0.717, 1.165) is 0 Å². The van der Waals surface area contributed by atoms with Gasteiger partial charge >= 0.3 is 5.97 Å². The van der Waals surface area contributed by atoms with E-state index in [-0.39, 0.29) is 16.8 Å². The molecule has 0 aromatic rings. The number of thioether (sulfide) groups is 1. The predicted octanol–water partition coefficient (Wildman–Crippen LogP) is 5.08. The molecule has 0 atom stereocenters. The highest BCUT2D eigenvalue weighted by Gasteiger charge is 2.27. The molecule has 0 aromatic heterocycles. The van der Waals surface area contributed by atoms with Gasteiger partial charge in [-0.15, -0.1) is 0 Å². The maximum Gasteiger partial charge on any atom is 0.338 e. The van der Waals surface area contributed by atoms with Crippen LogP contribution in [0.25, 0.3) is 0 Å². The molecule has 0 aliphatic carbocycles. The van der Waals surface area contributed by atoms with Gasteiger partial charge in [-0.05, 0) is 39.7 Å². The summed E-state index contributed by atoms with van der Waals surface area (Å²) in [6.45, 7) is 15.3. The van der Waals surface area contributed by atoms with Crippen molar-refractivity contribution >= 4 is 17.7 Å². The number of rotatable bonds is 2. The van der Waals surface area contributed by atoms with E-state index < -0.39 is 0 Å². The van der Waals surface area contributed by atoms with Gasteiger partial charge in [0, 0.05) is 0 Å². The number of ether oxygens (including phenoxy) is 1. The van der Waals surface area contributed by atoms with Crippen LogP contribution in [0.5, 0.6) is 0 Å². The Morgan fingerprint density at radius 1 is 1.05 bits per heavy atom. The first-order valence-corrected chi connectivity index (χ1v) is 7.87. The van der Waals surface area contributed by atoms with Gasteiger partial charge in [-0.2, -0.15) is 0 Å². The maximum atomic E-state index is 12.0. The number of carbonyl (C=O) groups excluding carboxylic acids is 1. The lowest BCUT2D eigenvalue weighted by atomic mass is 9.94. The van der Waals surface area contributed by atoms with Gasteiger partial charge in [0.05, 0.1) is 12.2 Å². The monoisotopic (exact) mass is 294 g/mol. The molecule has 0 spiro atoms. The van der Waals surface area contributed by atoms with Crippen LogP contribution >= 0.6 is 11.8 Å². The van der Waals surface area contributed by atoms with Gasteiger partial charge in [-0.1, -0.05) is 59.4 Å². The fraction of sp³-hybridized carbons (Fsp3) is 0.588. The molecule has 112 valence electrons. The van der Waals surface area contributed by atoms with Crippen LogP contribution in [0, 0.1) is 10.8 Å². The Kier molecular flexibility index (Phi) is 5.31. The molecule has 1 heterocycles. The summed E-state index contributed by atoms with van der Waals surface area (Å²) in [4.78, 5) is 14.5. The molecule has 0 saturated carbocycles. The van der Waals surface area contributed by atoms with Crippen molar-refractivity contribution in [1.82, 2.24) is 0 Å². The summed E-state index contributed by atoms with van der Waals surface area (Å²) >= 11 is 1.77. The minimum Gasteiger partial charge on any atom is -0.462 e. The van der Waals surface area contributed by atoms with E-state index in [9.17, 15) is 4.79 Å². The number of hydrogen-bond acceptors (Lipinski definition) is 3. The molecular weight excluding hydrogens is 268 g/mol. The molecule has 20 heavy (non-hydrogen) atoms. The molecule has 0 radical (unpaired) electrons. The maximum absolute atomic E-state index is 12.0. The predicted molar refractivity (Wildman–Crippen MR) is 87.4 cm³/mol. The highest BCUT2D eigenvalue weighted by molar-refractivity contribution is 8.06. The molecule has 0 saturated heterocycles. The van der Waals surface area contributed by atoms with Crippen molar-refractivity contribution in [2.45, 2.75) is 48.5 Å². The van der Waals surface area contributed by atoms with Gasteiger partial charge in [0.15, 0.2) is 0 Å². The zero-order valence-corrected chi connectivity index (χ0v) is 14.5. The lowest BCUT2D eigenvalue weighted by Gasteiger charge is -2.28. The van der Waals surface area contributed by atoms with E-state index >= 15 is 0 Å². The largest absolute Gasteiger partial charge is 0.462 e. The second kappa shape index (κ2) is 6.21. The summed E-state index contributed by atoms with van der Waals surface area (Å²) in [5.74, 6) is -0.249. The summed E-state index contributed by atoms with van der Waals surface area (Å²) in [6.07, 6.45) is 5.90. The number of carbonyl (C=O) groups is 1. The quantitative estimate of drug-likeness (QED) is 0.664. The Hall–Kier alpha value is -0.960. The average molecular weight is 294 g/mol. The van der Waals surface area contributed by atoms with Crippen LogP contribution < -0.4 is 0 Å². The van der Waals surface area contributed by atoms with E-state index in [1.165, 1.54) is 9.81 Å². The SMILES string of the molecule is CCOC(=O)C1=CC=C(C(C)(C)C)SC(C(C)(C)C)=C1. The van der Waals surface area contributed by atoms with Crippen LogP contribution in [0.2, 0.25) is 0 Å². The highest BCUT2D eigenvalue weighted by atomic mass is 32.2. The molecule has 2 nitrogen and oxygen atoms in total. The molecule has 1 rings (SSSR count). The van der Waals surface area contributed by atoms with Gasteiger partial charge < -0.3 is 4.74 Å². The number of allylic oxidation sites excluding steroid dienone is 4. The van der Waals surface area contributed by atoms with Gasteiger partial charge in [-0.25, -0.2) is 4.79 Å². The molecule has 0 fully saturated rings. The Bertz CT molecular complexity index is 468. The van der Waals surface area contributed by atoms with E-state index in [1.54, 1.807) is 11.8 Å². The lowest BCUT2D eigenvalue weighted by molar-refractivity contribution is -0.138. The second-order valence-electron chi connectivity index (χ2n) is 6.98. The number of esters is 1. The Labute approximate surface area is 127 Å². The van der Waals surface area contributed by atoms with Crippen LogP contribution in [0.15, 0.2) is 33.6 Å². The summed E-state index contributed by atoms with van der Waals surface area (Å²) in [5.41, 5.74) is 0.698. The Morgan fingerprint density at radius 2 is 1.60 bits per heavy atom. The summed E-state index contributed by atoms with van der Waals surface area (Å²) < 4.78 is 5.13. The topological polar surface area (TPSA) is 26.3 Å². The molecule has 3 heteroatoms. The third-order valence-electron chi connectivity index (χ3n) is 2.91. The lowest BCUT2D eigenvalue weighted by Crippen LogP contribution is -2.12. The van der Waals surface area contributed by atoms with Gasteiger partial charge in [0.25, 0.3) is 0 Å². The van der Waals surface area contributed by atoms with Crippen LogP contribution in [-0.2, 0) is 9.53 Å². The van der Waals surface area contributed by atoms with E-state index in [0.29, 0.717) is 12.2 Å². The first-order chi connectivity index (χ1) is 9.05. The molecule has 0 bridgehead atoms. The first kappa shape index (κ1) is 17.1. The third-order valence-corrected chi connectivity index (χ3v) is 4.83. The molecule has 0 amide bonds.